The Balaban J connectivity index is 1.65. The highest BCUT2D eigenvalue weighted by Gasteiger charge is 2.37. The van der Waals surface area contributed by atoms with Crippen molar-refractivity contribution in [2.45, 2.75) is 19.1 Å². The molecule has 182 valence electrons. The maximum atomic E-state index is 13.4. The zero-order valence-corrected chi connectivity index (χ0v) is 18.8. The summed E-state index contributed by atoms with van der Waals surface area (Å²) in [6.07, 6.45) is -4.58. The van der Waals surface area contributed by atoms with Crippen molar-refractivity contribution in [3.63, 3.8) is 0 Å². The summed E-state index contributed by atoms with van der Waals surface area (Å²) in [7, 11) is 0. The number of rotatable bonds is 4. The van der Waals surface area contributed by atoms with Crippen LogP contribution in [0.5, 0.6) is 0 Å². The molecular weight excluding hydrogens is 476 g/mol. The lowest BCUT2D eigenvalue weighted by Crippen LogP contribution is -2.46. The fraction of sp³-hybridized carbons (Fsp3) is 0.115. The number of amides is 2. The van der Waals surface area contributed by atoms with Gasteiger partial charge in [0, 0.05) is 11.3 Å². The average molecular weight is 494 g/mol. The van der Waals surface area contributed by atoms with E-state index in [0.29, 0.717) is 22.4 Å². The summed E-state index contributed by atoms with van der Waals surface area (Å²) >= 11 is 0. The van der Waals surface area contributed by atoms with E-state index in [0.717, 1.165) is 17.0 Å². The number of urea groups is 1. The van der Waals surface area contributed by atoms with Gasteiger partial charge in [0.15, 0.2) is 0 Å². The quantitative estimate of drug-likeness (QED) is 0.325. The van der Waals surface area contributed by atoms with Gasteiger partial charge in [-0.2, -0.15) is 18.2 Å². The lowest BCUT2D eigenvalue weighted by Gasteiger charge is -2.35. The van der Waals surface area contributed by atoms with Crippen LogP contribution in [-0.4, -0.2) is 16.2 Å². The molecule has 6 nitrogen and oxygen atoms in total. The van der Waals surface area contributed by atoms with E-state index in [1.165, 1.54) is 36.4 Å². The minimum Gasteiger partial charge on any atom is -0.334 e. The van der Waals surface area contributed by atoms with Crippen molar-refractivity contribution < 1.29 is 26.9 Å². The molecule has 1 aliphatic heterocycles. The lowest BCUT2D eigenvalue weighted by molar-refractivity contribution is -0.137. The van der Waals surface area contributed by atoms with Crippen molar-refractivity contribution >= 4 is 17.3 Å². The Morgan fingerprint density at radius 1 is 0.972 bits per heavy atom. The van der Waals surface area contributed by atoms with Crippen molar-refractivity contribution in [2.75, 3.05) is 4.90 Å². The minimum atomic E-state index is -4.58. The fourth-order valence-corrected chi connectivity index (χ4v) is 4.10. The molecule has 0 fully saturated rings. The minimum absolute atomic E-state index is 0.0297. The van der Waals surface area contributed by atoms with E-state index in [4.69, 9.17) is 4.52 Å². The summed E-state index contributed by atoms with van der Waals surface area (Å²) in [5, 5.41) is 6.84. The van der Waals surface area contributed by atoms with Crippen LogP contribution in [0.25, 0.3) is 17.0 Å². The number of anilines is 1. The van der Waals surface area contributed by atoms with E-state index in [2.05, 4.69) is 15.5 Å². The number of halogens is 4. The third-order valence-corrected chi connectivity index (χ3v) is 5.81. The predicted molar refractivity (Wildman–Crippen MR) is 124 cm³/mol. The lowest BCUT2D eigenvalue weighted by atomic mass is 9.94. The van der Waals surface area contributed by atoms with E-state index >= 15 is 0 Å². The molecule has 0 spiro atoms. The topological polar surface area (TPSA) is 71.3 Å². The molecule has 0 radical (unpaired) electrons. The van der Waals surface area contributed by atoms with Crippen molar-refractivity contribution in [1.29, 1.82) is 0 Å². The molecule has 3 aromatic carbocycles. The van der Waals surface area contributed by atoms with Gasteiger partial charge in [-0.15, -0.1) is 0 Å². The molecule has 0 saturated carbocycles. The maximum Gasteiger partial charge on any atom is 0.416 e. The van der Waals surface area contributed by atoms with Gasteiger partial charge < -0.3 is 9.84 Å². The van der Waals surface area contributed by atoms with Crippen molar-refractivity contribution in [3.8, 4) is 11.4 Å². The van der Waals surface area contributed by atoms with Crippen LogP contribution in [0.1, 0.15) is 30.0 Å². The molecule has 2 amide bonds. The predicted octanol–water partition coefficient (Wildman–Crippen LogP) is 6.60. The SMILES string of the molecule is CC1=C(c2nc(-c3ccc(F)cc3)no2)C(c2ccccc2)NC(=O)N1c1cccc(C(F)(F)F)c1. The Morgan fingerprint density at radius 2 is 1.69 bits per heavy atom. The first-order valence-electron chi connectivity index (χ1n) is 10.9. The van der Waals surface area contributed by atoms with Crippen molar-refractivity contribution in [3.05, 3.63) is 107 Å². The van der Waals surface area contributed by atoms with Crippen molar-refractivity contribution in [2.24, 2.45) is 0 Å². The summed E-state index contributed by atoms with van der Waals surface area (Å²) in [5.74, 6) is -0.158. The van der Waals surface area contributed by atoms with E-state index in [9.17, 15) is 22.4 Å². The van der Waals surface area contributed by atoms with E-state index in [1.54, 1.807) is 31.2 Å². The molecule has 2 heterocycles. The highest BCUT2D eigenvalue weighted by atomic mass is 19.4. The molecule has 1 aromatic heterocycles. The average Bonchev–Trinajstić information content (AvgIpc) is 3.34. The monoisotopic (exact) mass is 494 g/mol. The smallest absolute Gasteiger partial charge is 0.334 e. The van der Waals surface area contributed by atoms with Gasteiger partial charge in [0.25, 0.3) is 5.89 Å². The summed E-state index contributed by atoms with van der Waals surface area (Å²) in [6.45, 7) is 1.60. The summed E-state index contributed by atoms with van der Waals surface area (Å²) in [5.41, 5.74) is 1.10. The highest BCUT2D eigenvalue weighted by Crippen LogP contribution is 2.40. The van der Waals surface area contributed by atoms with Crippen LogP contribution in [-0.2, 0) is 6.18 Å². The van der Waals surface area contributed by atoms with Crippen LogP contribution in [0.2, 0.25) is 0 Å². The van der Waals surface area contributed by atoms with Gasteiger partial charge >= 0.3 is 12.2 Å². The Labute approximate surface area is 202 Å². The Kier molecular flexibility index (Phi) is 5.79. The summed E-state index contributed by atoms with van der Waals surface area (Å²) in [6, 6.07) is 17.7. The van der Waals surface area contributed by atoms with Gasteiger partial charge in [0.2, 0.25) is 5.82 Å². The van der Waals surface area contributed by atoms with Gasteiger partial charge in [-0.3, -0.25) is 4.90 Å². The molecule has 0 saturated heterocycles. The van der Waals surface area contributed by atoms with Crippen LogP contribution in [0.15, 0.2) is 89.1 Å². The first kappa shape index (κ1) is 23.3. The molecule has 5 rings (SSSR count). The zero-order chi connectivity index (χ0) is 25.4. The molecule has 10 heteroatoms. The number of benzene rings is 3. The normalized spacial score (nSPS) is 16.3. The summed E-state index contributed by atoms with van der Waals surface area (Å²) < 4.78 is 58.9. The molecule has 36 heavy (non-hydrogen) atoms. The van der Waals surface area contributed by atoms with Gasteiger partial charge in [-0.05, 0) is 55.0 Å². The second-order valence-electron chi connectivity index (χ2n) is 8.11. The number of hydrogen-bond donors (Lipinski definition) is 1. The van der Waals surface area contributed by atoms with Gasteiger partial charge in [-0.1, -0.05) is 41.6 Å². The van der Waals surface area contributed by atoms with E-state index < -0.39 is 29.6 Å². The van der Waals surface area contributed by atoms with Gasteiger partial charge in [0.1, 0.15) is 5.82 Å². The summed E-state index contributed by atoms with van der Waals surface area (Å²) in [4.78, 5) is 18.8. The molecule has 1 unspecified atom stereocenters. The van der Waals surface area contributed by atoms with Crippen molar-refractivity contribution in [1.82, 2.24) is 15.5 Å². The van der Waals surface area contributed by atoms with Crippen LogP contribution >= 0.6 is 0 Å². The molecule has 4 aromatic rings. The molecular formula is C26H18F4N4O2. The fourth-order valence-electron chi connectivity index (χ4n) is 4.10. The molecule has 1 N–H and O–H groups in total. The number of allylic oxidation sites excluding steroid dienone is 1. The molecule has 1 atom stereocenters. The van der Waals surface area contributed by atoms with Crippen LogP contribution in [0.4, 0.5) is 28.0 Å². The second-order valence-corrected chi connectivity index (χ2v) is 8.11. The largest absolute Gasteiger partial charge is 0.416 e. The second kappa shape index (κ2) is 8.95. The number of aromatic nitrogens is 2. The third kappa shape index (κ3) is 4.33. The number of carbonyl (C=O) groups is 1. The van der Waals surface area contributed by atoms with Crippen LogP contribution in [0.3, 0.4) is 0 Å². The van der Waals surface area contributed by atoms with Crippen LogP contribution < -0.4 is 10.2 Å². The molecule has 0 aliphatic carbocycles. The standard InChI is InChI=1S/C26H18F4N4O2/c1-15-21(24-32-23(33-36-24)17-10-12-19(27)13-11-17)22(16-6-3-2-4-7-16)31-25(35)34(15)20-9-5-8-18(14-20)26(28,29)30/h2-14,22H,1H3,(H,31,35). The van der Waals surface area contributed by atoms with Gasteiger partial charge in [0.05, 0.1) is 22.9 Å². The number of nitrogens with one attached hydrogen (secondary N) is 1. The molecule has 0 bridgehead atoms. The van der Waals surface area contributed by atoms with Crippen LogP contribution in [0, 0.1) is 5.82 Å². The Bertz CT molecular complexity index is 1450. The number of carbonyl (C=O) groups excluding carboxylic acids is 1. The van der Waals surface area contributed by atoms with Gasteiger partial charge in [-0.25, -0.2) is 9.18 Å². The molecule has 1 aliphatic rings. The first-order valence-corrected chi connectivity index (χ1v) is 10.9. The number of alkyl halides is 3. The number of hydrogen-bond acceptors (Lipinski definition) is 4. The highest BCUT2D eigenvalue weighted by molar-refractivity contribution is 6.01. The Morgan fingerprint density at radius 3 is 2.39 bits per heavy atom. The van der Waals surface area contributed by atoms with E-state index in [1.807, 2.05) is 6.07 Å². The zero-order valence-electron chi connectivity index (χ0n) is 18.8. The number of nitrogens with zero attached hydrogens (tertiary/aromatic N) is 3. The third-order valence-electron chi connectivity index (χ3n) is 5.81. The Hall–Kier alpha value is -4.47. The maximum absolute atomic E-state index is 13.4. The first-order chi connectivity index (χ1) is 17.2. The van der Waals surface area contributed by atoms with E-state index in [-0.39, 0.29) is 17.4 Å².